The summed E-state index contributed by atoms with van der Waals surface area (Å²) in [6, 6.07) is 13.4. The van der Waals surface area contributed by atoms with Crippen LogP contribution < -0.4 is 5.32 Å². The zero-order valence-corrected chi connectivity index (χ0v) is 19.7. The Hall–Kier alpha value is -3.92. The number of benzene rings is 1. The van der Waals surface area contributed by atoms with Gasteiger partial charge < -0.3 is 14.5 Å². The van der Waals surface area contributed by atoms with Gasteiger partial charge in [-0.05, 0) is 68.0 Å². The van der Waals surface area contributed by atoms with Crippen molar-refractivity contribution in [2.45, 2.75) is 63.5 Å². The fourth-order valence-corrected chi connectivity index (χ4v) is 5.09. The standard InChI is InChI=1S/C28H27N3O4/c1-18(26(32)31-28(17-29)13-5-2-6-14-28)35-27(33)24-21-9-3-4-10-23(21)30-25-19(11-12-22(24)25)16-20-8-7-15-34-20/h3-4,7-10,15-16,18H,2,5-6,11-14H2,1H3,(H,31,32). The molecule has 2 aromatic heterocycles. The SMILES string of the molecule is CC(OC(=O)c1c2c(nc3ccccc13)C(=Cc1ccco1)CC2)C(=O)NC1(C#N)CCCCC1. The molecule has 0 aliphatic heterocycles. The lowest BCUT2D eigenvalue weighted by atomic mass is 9.83. The van der Waals surface area contributed by atoms with Crippen LogP contribution >= 0.6 is 0 Å². The number of nitrogens with zero attached hydrogens (tertiary/aromatic N) is 2. The van der Waals surface area contributed by atoms with Gasteiger partial charge in [0.25, 0.3) is 5.91 Å². The van der Waals surface area contributed by atoms with Gasteiger partial charge in [0.2, 0.25) is 0 Å². The van der Waals surface area contributed by atoms with E-state index in [0.717, 1.165) is 48.3 Å². The van der Waals surface area contributed by atoms with Crippen LogP contribution in [-0.4, -0.2) is 28.5 Å². The third-order valence-electron chi connectivity index (χ3n) is 6.94. The minimum absolute atomic E-state index is 0.445. The molecular weight excluding hydrogens is 442 g/mol. The Bertz CT molecular complexity index is 1340. The van der Waals surface area contributed by atoms with Gasteiger partial charge in [-0.3, -0.25) is 4.79 Å². The number of carbonyl (C=O) groups is 2. The average molecular weight is 470 g/mol. The summed E-state index contributed by atoms with van der Waals surface area (Å²) in [7, 11) is 0. The van der Waals surface area contributed by atoms with Gasteiger partial charge in [-0.2, -0.15) is 5.26 Å². The zero-order valence-electron chi connectivity index (χ0n) is 19.7. The molecule has 2 aliphatic carbocycles. The number of esters is 1. The summed E-state index contributed by atoms with van der Waals surface area (Å²) >= 11 is 0. The van der Waals surface area contributed by atoms with Crippen LogP contribution in [0, 0.1) is 11.3 Å². The molecule has 3 aromatic rings. The first-order chi connectivity index (χ1) is 17.0. The van der Waals surface area contributed by atoms with E-state index in [-0.39, 0.29) is 0 Å². The summed E-state index contributed by atoms with van der Waals surface area (Å²) in [5.41, 5.74) is 2.82. The van der Waals surface area contributed by atoms with Crippen molar-refractivity contribution in [3.63, 3.8) is 0 Å². The van der Waals surface area contributed by atoms with Crippen molar-refractivity contribution < 1.29 is 18.7 Å². The second kappa shape index (κ2) is 9.38. The van der Waals surface area contributed by atoms with Crippen LogP contribution in [0.3, 0.4) is 0 Å². The number of carbonyl (C=O) groups excluding carboxylic acids is 2. The lowest BCUT2D eigenvalue weighted by Gasteiger charge is -2.32. The fraction of sp³-hybridized carbons (Fsp3) is 0.357. The molecule has 5 rings (SSSR count). The van der Waals surface area contributed by atoms with E-state index in [1.165, 1.54) is 0 Å². The Kier molecular flexibility index (Phi) is 6.12. The Labute approximate surface area is 203 Å². The Morgan fingerprint density at radius 1 is 1.17 bits per heavy atom. The van der Waals surface area contributed by atoms with E-state index in [1.54, 1.807) is 13.2 Å². The van der Waals surface area contributed by atoms with Gasteiger partial charge in [0.15, 0.2) is 6.10 Å². The third-order valence-corrected chi connectivity index (χ3v) is 6.94. The van der Waals surface area contributed by atoms with E-state index in [2.05, 4.69) is 11.4 Å². The Balaban J connectivity index is 1.44. The number of fused-ring (bicyclic) bond motifs is 2. The van der Waals surface area contributed by atoms with Crippen molar-refractivity contribution in [3.05, 3.63) is 65.2 Å². The van der Waals surface area contributed by atoms with Crippen molar-refractivity contribution in [2.24, 2.45) is 0 Å². The minimum Gasteiger partial charge on any atom is -0.465 e. The van der Waals surface area contributed by atoms with Crippen molar-refractivity contribution in [3.8, 4) is 6.07 Å². The van der Waals surface area contributed by atoms with E-state index in [4.69, 9.17) is 14.1 Å². The second-order valence-corrected chi connectivity index (χ2v) is 9.31. The first kappa shape index (κ1) is 22.9. The van der Waals surface area contributed by atoms with E-state index >= 15 is 0 Å². The Morgan fingerprint density at radius 2 is 1.97 bits per heavy atom. The number of aromatic nitrogens is 1. The molecule has 0 spiro atoms. The van der Waals surface area contributed by atoms with Crippen LogP contribution in [0.25, 0.3) is 22.6 Å². The predicted octanol–water partition coefficient (Wildman–Crippen LogP) is 5.20. The molecule has 2 heterocycles. The van der Waals surface area contributed by atoms with Crippen LogP contribution in [0.5, 0.6) is 0 Å². The van der Waals surface area contributed by atoms with Gasteiger partial charge in [0.1, 0.15) is 11.3 Å². The van der Waals surface area contributed by atoms with E-state index in [0.29, 0.717) is 35.7 Å². The molecule has 1 amide bonds. The molecule has 1 atom stereocenters. The fourth-order valence-electron chi connectivity index (χ4n) is 5.09. The number of nitrogens with one attached hydrogen (secondary N) is 1. The molecule has 1 saturated carbocycles. The van der Waals surface area contributed by atoms with Crippen LogP contribution in [-0.2, 0) is 16.0 Å². The summed E-state index contributed by atoms with van der Waals surface area (Å²) < 4.78 is 11.1. The molecule has 0 radical (unpaired) electrons. The summed E-state index contributed by atoms with van der Waals surface area (Å²) in [5, 5.41) is 13.2. The van der Waals surface area contributed by atoms with E-state index < -0.39 is 23.5 Å². The van der Waals surface area contributed by atoms with Crippen molar-refractivity contribution in [1.29, 1.82) is 5.26 Å². The summed E-state index contributed by atoms with van der Waals surface area (Å²) in [6.45, 7) is 1.55. The minimum atomic E-state index is -1.03. The number of ether oxygens (including phenoxy) is 1. The summed E-state index contributed by atoms with van der Waals surface area (Å²) in [6.07, 6.45) is 7.97. The normalized spacial score (nSPS) is 18.6. The van der Waals surface area contributed by atoms with Crippen molar-refractivity contribution >= 4 is 34.4 Å². The quantitative estimate of drug-likeness (QED) is 0.515. The topological polar surface area (TPSA) is 105 Å². The van der Waals surface area contributed by atoms with Gasteiger partial charge in [0, 0.05) is 5.39 Å². The van der Waals surface area contributed by atoms with Crippen LogP contribution in [0.2, 0.25) is 0 Å². The van der Waals surface area contributed by atoms with Gasteiger partial charge >= 0.3 is 5.97 Å². The number of pyridine rings is 1. The van der Waals surface area contributed by atoms with Crippen molar-refractivity contribution in [2.75, 3.05) is 0 Å². The highest BCUT2D eigenvalue weighted by atomic mass is 16.5. The molecule has 7 heteroatoms. The zero-order chi connectivity index (χ0) is 24.4. The number of hydrogen-bond acceptors (Lipinski definition) is 6. The highest BCUT2D eigenvalue weighted by Gasteiger charge is 2.36. The lowest BCUT2D eigenvalue weighted by Crippen LogP contribution is -2.52. The number of amides is 1. The second-order valence-electron chi connectivity index (χ2n) is 9.31. The lowest BCUT2D eigenvalue weighted by molar-refractivity contribution is -0.130. The first-order valence-corrected chi connectivity index (χ1v) is 12.1. The third kappa shape index (κ3) is 4.44. The Morgan fingerprint density at radius 3 is 2.71 bits per heavy atom. The van der Waals surface area contributed by atoms with Gasteiger partial charge in [0.05, 0.1) is 29.1 Å². The molecule has 0 bridgehead atoms. The largest absolute Gasteiger partial charge is 0.465 e. The van der Waals surface area contributed by atoms with E-state index in [9.17, 15) is 14.9 Å². The highest BCUT2D eigenvalue weighted by molar-refractivity contribution is 6.07. The smallest absolute Gasteiger partial charge is 0.339 e. The monoisotopic (exact) mass is 469 g/mol. The van der Waals surface area contributed by atoms with Gasteiger partial charge in [-0.1, -0.05) is 37.5 Å². The maximum atomic E-state index is 13.5. The van der Waals surface area contributed by atoms with Crippen LogP contribution in [0.4, 0.5) is 0 Å². The maximum Gasteiger partial charge on any atom is 0.339 e. The van der Waals surface area contributed by atoms with Gasteiger partial charge in [-0.15, -0.1) is 0 Å². The molecule has 1 fully saturated rings. The van der Waals surface area contributed by atoms with Crippen LogP contribution in [0.1, 0.15) is 72.8 Å². The summed E-state index contributed by atoms with van der Waals surface area (Å²) in [5.74, 6) is -0.280. The molecule has 35 heavy (non-hydrogen) atoms. The molecule has 1 N–H and O–H groups in total. The molecule has 1 unspecified atom stereocenters. The molecule has 2 aliphatic rings. The summed E-state index contributed by atoms with van der Waals surface area (Å²) in [4.78, 5) is 31.2. The average Bonchev–Trinajstić information content (AvgIpc) is 3.53. The predicted molar refractivity (Wildman–Crippen MR) is 131 cm³/mol. The number of furan rings is 1. The molecule has 178 valence electrons. The molecule has 1 aromatic carbocycles. The number of rotatable bonds is 5. The number of hydrogen-bond donors (Lipinski definition) is 1. The van der Waals surface area contributed by atoms with Crippen molar-refractivity contribution in [1.82, 2.24) is 10.3 Å². The molecule has 7 nitrogen and oxygen atoms in total. The van der Waals surface area contributed by atoms with Crippen LogP contribution in [0.15, 0.2) is 47.1 Å². The molecule has 0 saturated heterocycles. The highest BCUT2D eigenvalue weighted by Crippen LogP contribution is 2.38. The number of allylic oxidation sites excluding steroid dienone is 1. The van der Waals surface area contributed by atoms with E-state index in [1.807, 2.05) is 42.5 Å². The molecular formula is C28H27N3O4. The first-order valence-electron chi connectivity index (χ1n) is 12.1. The number of nitriles is 1. The maximum absolute atomic E-state index is 13.5. The number of para-hydroxylation sites is 1. The van der Waals surface area contributed by atoms with Gasteiger partial charge in [-0.25, -0.2) is 9.78 Å².